The van der Waals surface area contributed by atoms with Crippen LogP contribution in [0.15, 0.2) is 24.3 Å². The van der Waals surface area contributed by atoms with Crippen LogP contribution in [0.5, 0.6) is 5.75 Å². The number of carbonyl (C=O) groups excluding carboxylic acids is 2. The lowest BCUT2D eigenvalue weighted by Crippen LogP contribution is -2.53. The van der Waals surface area contributed by atoms with Crippen LogP contribution in [0.25, 0.3) is 0 Å². The van der Waals surface area contributed by atoms with Gasteiger partial charge in [0.15, 0.2) is 6.10 Å². The van der Waals surface area contributed by atoms with Crippen LogP contribution in [0.4, 0.5) is 9.18 Å². The zero-order valence-corrected chi connectivity index (χ0v) is 14.0. The van der Waals surface area contributed by atoms with E-state index < -0.39 is 6.10 Å². The average molecular weight is 338 g/mol. The number of carbonyl (C=O) groups is 2. The standard InChI is InChI=1S/C17H23FN2O4/c1-3-15(24-14-7-5-13(18)6-8-14)16(21)19-9-11-20(12-10-19)17(22)23-4-2/h5-8,15H,3-4,9-12H2,1-2H3/t15-/m0/s1. The monoisotopic (exact) mass is 338 g/mol. The molecule has 0 aromatic heterocycles. The third-order valence-corrected chi connectivity index (χ3v) is 3.86. The summed E-state index contributed by atoms with van der Waals surface area (Å²) in [5.74, 6) is -0.0103. The quantitative estimate of drug-likeness (QED) is 0.826. The molecular weight excluding hydrogens is 315 g/mol. The second-order valence-electron chi connectivity index (χ2n) is 5.48. The number of nitrogens with zero attached hydrogens (tertiary/aromatic N) is 2. The van der Waals surface area contributed by atoms with Gasteiger partial charge in [0.05, 0.1) is 6.61 Å². The van der Waals surface area contributed by atoms with Crippen LogP contribution in [0, 0.1) is 5.82 Å². The van der Waals surface area contributed by atoms with E-state index in [1.54, 1.807) is 16.7 Å². The summed E-state index contributed by atoms with van der Waals surface area (Å²) in [5.41, 5.74) is 0. The van der Waals surface area contributed by atoms with Crippen molar-refractivity contribution in [2.24, 2.45) is 0 Å². The molecule has 1 aliphatic rings. The SMILES string of the molecule is CCOC(=O)N1CCN(C(=O)[C@H](CC)Oc2ccc(F)cc2)CC1. The largest absolute Gasteiger partial charge is 0.481 e. The fourth-order valence-electron chi connectivity index (χ4n) is 2.51. The number of halogens is 1. The van der Waals surface area contributed by atoms with Gasteiger partial charge in [0.25, 0.3) is 5.91 Å². The van der Waals surface area contributed by atoms with Gasteiger partial charge < -0.3 is 19.3 Å². The number of rotatable bonds is 5. The molecule has 1 fully saturated rings. The van der Waals surface area contributed by atoms with Crippen molar-refractivity contribution < 1.29 is 23.5 Å². The minimum absolute atomic E-state index is 0.120. The van der Waals surface area contributed by atoms with Gasteiger partial charge in [0.2, 0.25) is 0 Å². The van der Waals surface area contributed by atoms with E-state index >= 15 is 0 Å². The van der Waals surface area contributed by atoms with Crippen molar-refractivity contribution in [1.29, 1.82) is 0 Å². The van der Waals surface area contributed by atoms with E-state index in [9.17, 15) is 14.0 Å². The molecule has 1 aromatic rings. The summed E-state index contributed by atoms with van der Waals surface area (Å²) in [6.07, 6.45) is -0.460. The zero-order chi connectivity index (χ0) is 17.5. The molecule has 1 saturated heterocycles. The van der Waals surface area contributed by atoms with E-state index in [2.05, 4.69) is 0 Å². The van der Waals surface area contributed by atoms with Crippen molar-refractivity contribution in [3.8, 4) is 5.75 Å². The van der Waals surface area contributed by atoms with E-state index in [0.717, 1.165) is 0 Å². The number of piperazine rings is 1. The highest BCUT2D eigenvalue weighted by Crippen LogP contribution is 2.16. The topological polar surface area (TPSA) is 59.1 Å². The van der Waals surface area contributed by atoms with Crippen molar-refractivity contribution in [3.05, 3.63) is 30.1 Å². The van der Waals surface area contributed by atoms with Crippen LogP contribution in [-0.2, 0) is 9.53 Å². The van der Waals surface area contributed by atoms with E-state index in [1.165, 1.54) is 24.3 Å². The van der Waals surface area contributed by atoms with Gasteiger partial charge in [-0.1, -0.05) is 6.92 Å². The number of amides is 2. The summed E-state index contributed by atoms with van der Waals surface area (Å²) in [4.78, 5) is 27.6. The molecule has 0 N–H and O–H groups in total. The van der Waals surface area contributed by atoms with Crippen molar-refractivity contribution in [1.82, 2.24) is 9.80 Å². The Bertz CT molecular complexity index is 556. The van der Waals surface area contributed by atoms with Gasteiger partial charge in [-0.25, -0.2) is 9.18 Å². The Morgan fingerprint density at radius 2 is 1.67 bits per heavy atom. The zero-order valence-electron chi connectivity index (χ0n) is 14.0. The van der Waals surface area contributed by atoms with E-state index in [-0.39, 0.29) is 17.8 Å². The van der Waals surface area contributed by atoms with Crippen molar-refractivity contribution in [2.45, 2.75) is 26.4 Å². The minimum atomic E-state index is -0.621. The molecule has 1 aromatic carbocycles. The number of benzene rings is 1. The molecule has 0 aliphatic carbocycles. The molecule has 7 heteroatoms. The van der Waals surface area contributed by atoms with Crippen LogP contribution >= 0.6 is 0 Å². The molecule has 0 unspecified atom stereocenters. The minimum Gasteiger partial charge on any atom is -0.481 e. The molecule has 0 spiro atoms. The Hall–Kier alpha value is -2.31. The lowest BCUT2D eigenvalue weighted by Gasteiger charge is -2.35. The molecule has 1 atom stereocenters. The third kappa shape index (κ3) is 4.59. The Morgan fingerprint density at radius 1 is 1.08 bits per heavy atom. The fourth-order valence-corrected chi connectivity index (χ4v) is 2.51. The molecule has 2 rings (SSSR count). The maximum Gasteiger partial charge on any atom is 0.409 e. The van der Waals surface area contributed by atoms with Crippen LogP contribution in [0.3, 0.4) is 0 Å². The molecule has 0 bridgehead atoms. The molecule has 2 amide bonds. The summed E-state index contributed by atoms with van der Waals surface area (Å²) >= 11 is 0. The first-order valence-corrected chi connectivity index (χ1v) is 8.17. The van der Waals surface area contributed by atoms with Crippen LogP contribution < -0.4 is 4.74 Å². The van der Waals surface area contributed by atoms with Gasteiger partial charge >= 0.3 is 6.09 Å². The molecule has 0 saturated carbocycles. The van der Waals surface area contributed by atoms with Crippen molar-refractivity contribution in [3.63, 3.8) is 0 Å². The van der Waals surface area contributed by atoms with E-state index in [0.29, 0.717) is 45.0 Å². The van der Waals surface area contributed by atoms with Gasteiger partial charge in [0, 0.05) is 26.2 Å². The first kappa shape index (κ1) is 18.0. The van der Waals surface area contributed by atoms with Crippen LogP contribution in [0.1, 0.15) is 20.3 Å². The van der Waals surface area contributed by atoms with Gasteiger partial charge in [-0.2, -0.15) is 0 Å². The smallest absolute Gasteiger partial charge is 0.409 e. The number of hydrogen-bond donors (Lipinski definition) is 0. The normalized spacial score (nSPS) is 15.8. The second kappa shape index (κ2) is 8.52. The van der Waals surface area contributed by atoms with E-state index in [1.807, 2.05) is 6.92 Å². The van der Waals surface area contributed by atoms with Gasteiger partial charge in [-0.3, -0.25) is 4.79 Å². The van der Waals surface area contributed by atoms with Gasteiger partial charge in [0.1, 0.15) is 11.6 Å². The highest BCUT2D eigenvalue weighted by molar-refractivity contribution is 5.81. The van der Waals surface area contributed by atoms with Gasteiger partial charge in [-0.05, 0) is 37.6 Å². The van der Waals surface area contributed by atoms with Crippen molar-refractivity contribution >= 4 is 12.0 Å². The number of hydrogen-bond acceptors (Lipinski definition) is 4. The Morgan fingerprint density at radius 3 is 2.21 bits per heavy atom. The number of ether oxygens (including phenoxy) is 2. The predicted octanol–water partition coefficient (Wildman–Crippen LogP) is 2.28. The van der Waals surface area contributed by atoms with Crippen LogP contribution in [0.2, 0.25) is 0 Å². The molecule has 24 heavy (non-hydrogen) atoms. The highest BCUT2D eigenvalue weighted by atomic mass is 19.1. The first-order valence-electron chi connectivity index (χ1n) is 8.17. The summed E-state index contributed by atoms with van der Waals surface area (Å²) in [6, 6.07) is 5.60. The highest BCUT2D eigenvalue weighted by Gasteiger charge is 2.29. The molecule has 132 valence electrons. The van der Waals surface area contributed by atoms with Gasteiger partial charge in [-0.15, -0.1) is 0 Å². The fraction of sp³-hybridized carbons (Fsp3) is 0.529. The van der Waals surface area contributed by atoms with Crippen molar-refractivity contribution in [2.75, 3.05) is 32.8 Å². The molecule has 1 aliphatic heterocycles. The maximum atomic E-state index is 12.9. The Kier molecular flexibility index (Phi) is 6.40. The Balaban J connectivity index is 1.90. The summed E-state index contributed by atoms with van der Waals surface area (Å²) in [6.45, 7) is 5.73. The lowest BCUT2D eigenvalue weighted by atomic mass is 10.2. The predicted molar refractivity (Wildman–Crippen MR) is 86.3 cm³/mol. The molecule has 1 heterocycles. The second-order valence-corrected chi connectivity index (χ2v) is 5.48. The lowest BCUT2D eigenvalue weighted by molar-refractivity contribution is -0.140. The molecular formula is C17H23FN2O4. The summed E-state index contributed by atoms with van der Waals surface area (Å²) in [7, 11) is 0. The maximum absolute atomic E-state index is 12.9. The van der Waals surface area contributed by atoms with Crippen LogP contribution in [-0.4, -0.2) is 60.7 Å². The Labute approximate surface area is 141 Å². The molecule has 6 nitrogen and oxygen atoms in total. The summed E-state index contributed by atoms with van der Waals surface area (Å²) in [5, 5.41) is 0. The average Bonchev–Trinajstić information content (AvgIpc) is 2.61. The summed E-state index contributed by atoms with van der Waals surface area (Å²) < 4.78 is 23.6. The molecule has 0 radical (unpaired) electrons. The first-order chi connectivity index (χ1) is 11.5. The third-order valence-electron chi connectivity index (χ3n) is 3.86. The van der Waals surface area contributed by atoms with E-state index in [4.69, 9.17) is 9.47 Å².